The van der Waals surface area contributed by atoms with Crippen molar-refractivity contribution in [2.45, 2.75) is 38.0 Å². The molecule has 0 bridgehead atoms. The molecule has 1 aromatic heterocycles. The van der Waals surface area contributed by atoms with Crippen LogP contribution in [-0.4, -0.2) is 57.2 Å². The highest BCUT2D eigenvalue weighted by atomic mass is 16.5. The molecule has 1 aromatic rings. The second-order valence-electron chi connectivity index (χ2n) is 4.99. The van der Waals surface area contributed by atoms with E-state index in [0.717, 1.165) is 5.69 Å². The molecule has 2 heterocycles. The molecule has 1 aliphatic rings. The second kappa shape index (κ2) is 6.95. The first-order valence-electron chi connectivity index (χ1n) is 6.73. The number of rotatable bonds is 7. The maximum atomic E-state index is 10.3. The van der Waals surface area contributed by atoms with Crippen molar-refractivity contribution in [3.63, 3.8) is 0 Å². The fourth-order valence-electron chi connectivity index (χ4n) is 2.11. The molecule has 0 radical (unpaired) electrons. The van der Waals surface area contributed by atoms with E-state index >= 15 is 0 Å². The fraction of sp³-hybridized carbons (Fsp3) is 0.833. The standard InChI is InChI=1S/C12H22N4O3/c17-5-1-4-16-9-11(14-15-16)8-13-10-12(18)2-6-19-7-3-12/h9,13,17-18H,1-8,10H2. The minimum absolute atomic E-state index is 0.155. The SMILES string of the molecule is OCCCn1cc(CNCC2(O)CCOCC2)nn1. The van der Waals surface area contributed by atoms with E-state index in [1.807, 2.05) is 6.20 Å². The third kappa shape index (κ3) is 4.54. The molecule has 7 heteroatoms. The zero-order chi connectivity index (χ0) is 13.6. The Balaban J connectivity index is 1.71. The molecule has 0 amide bonds. The van der Waals surface area contributed by atoms with E-state index in [9.17, 15) is 5.11 Å². The summed E-state index contributed by atoms with van der Waals surface area (Å²) in [5.74, 6) is 0. The molecule has 0 aromatic carbocycles. The smallest absolute Gasteiger partial charge is 0.0964 e. The summed E-state index contributed by atoms with van der Waals surface area (Å²) in [6.07, 6.45) is 3.87. The number of ether oxygens (including phenoxy) is 1. The Hall–Kier alpha value is -1.02. The molecule has 19 heavy (non-hydrogen) atoms. The lowest BCUT2D eigenvalue weighted by molar-refractivity contribution is -0.0617. The number of aliphatic hydroxyl groups is 2. The highest BCUT2D eigenvalue weighted by Gasteiger charge is 2.29. The first-order valence-corrected chi connectivity index (χ1v) is 6.73. The molecule has 7 nitrogen and oxygen atoms in total. The van der Waals surface area contributed by atoms with Crippen LogP contribution in [0.2, 0.25) is 0 Å². The third-order valence-corrected chi connectivity index (χ3v) is 3.32. The lowest BCUT2D eigenvalue weighted by Gasteiger charge is -2.32. The first kappa shape index (κ1) is 14.4. The van der Waals surface area contributed by atoms with Crippen molar-refractivity contribution in [3.05, 3.63) is 11.9 Å². The van der Waals surface area contributed by atoms with Gasteiger partial charge >= 0.3 is 0 Å². The minimum Gasteiger partial charge on any atom is -0.396 e. The Morgan fingerprint density at radius 1 is 1.42 bits per heavy atom. The first-order chi connectivity index (χ1) is 9.22. The fourth-order valence-corrected chi connectivity index (χ4v) is 2.11. The highest BCUT2D eigenvalue weighted by molar-refractivity contribution is 4.93. The predicted molar refractivity (Wildman–Crippen MR) is 68.4 cm³/mol. The summed E-state index contributed by atoms with van der Waals surface area (Å²) in [5, 5.41) is 30.2. The van der Waals surface area contributed by atoms with E-state index in [2.05, 4.69) is 15.6 Å². The van der Waals surface area contributed by atoms with Crippen LogP contribution in [-0.2, 0) is 17.8 Å². The number of nitrogens with one attached hydrogen (secondary N) is 1. The molecular weight excluding hydrogens is 248 g/mol. The van der Waals surface area contributed by atoms with Gasteiger partial charge in [-0.05, 0) is 6.42 Å². The number of aromatic nitrogens is 3. The van der Waals surface area contributed by atoms with Crippen molar-refractivity contribution in [3.8, 4) is 0 Å². The molecule has 0 atom stereocenters. The van der Waals surface area contributed by atoms with Crippen LogP contribution in [0.1, 0.15) is 25.0 Å². The quantitative estimate of drug-likeness (QED) is 0.606. The van der Waals surface area contributed by atoms with Crippen LogP contribution in [0.25, 0.3) is 0 Å². The van der Waals surface area contributed by atoms with Crippen molar-refractivity contribution in [1.82, 2.24) is 20.3 Å². The summed E-state index contributed by atoms with van der Waals surface area (Å²) in [7, 11) is 0. The van der Waals surface area contributed by atoms with Crippen molar-refractivity contribution < 1.29 is 14.9 Å². The third-order valence-electron chi connectivity index (χ3n) is 3.32. The number of aliphatic hydroxyl groups excluding tert-OH is 1. The van der Waals surface area contributed by atoms with E-state index < -0.39 is 5.60 Å². The Kier molecular flexibility index (Phi) is 5.26. The molecular formula is C12H22N4O3. The summed E-state index contributed by atoms with van der Waals surface area (Å²) < 4.78 is 6.96. The molecule has 0 spiro atoms. The molecule has 1 saturated heterocycles. The zero-order valence-electron chi connectivity index (χ0n) is 11.1. The minimum atomic E-state index is -0.662. The van der Waals surface area contributed by atoms with Crippen LogP contribution in [0.4, 0.5) is 0 Å². The maximum Gasteiger partial charge on any atom is 0.0964 e. The van der Waals surface area contributed by atoms with Crippen molar-refractivity contribution in [2.24, 2.45) is 0 Å². The summed E-state index contributed by atoms with van der Waals surface area (Å²) in [6, 6.07) is 0. The van der Waals surface area contributed by atoms with E-state index in [1.54, 1.807) is 4.68 Å². The van der Waals surface area contributed by atoms with Gasteiger partial charge in [0, 0.05) is 58.5 Å². The molecule has 1 aliphatic heterocycles. The number of hydrogen-bond donors (Lipinski definition) is 3. The van der Waals surface area contributed by atoms with Gasteiger partial charge in [0.05, 0.1) is 11.3 Å². The molecule has 0 unspecified atom stereocenters. The lowest BCUT2D eigenvalue weighted by Crippen LogP contribution is -2.44. The topological polar surface area (TPSA) is 92.4 Å². The zero-order valence-corrected chi connectivity index (χ0v) is 11.1. The van der Waals surface area contributed by atoms with Gasteiger partial charge in [-0.25, -0.2) is 0 Å². The summed E-state index contributed by atoms with van der Waals surface area (Å²) in [4.78, 5) is 0. The Labute approximate surface area is 112 Å². The van der Waals surface area contributed by atoms with Crippen LogP contribution < -0.4 is 5.32 Å². The van der Waals surface area contributed by atoms with Gasteiger partial charge in [-0.1, -0.05) is 5.21 Å². The van der Waals surface area contributed by atoms with Crippen LogP contribution in [0.15, 0.2) is 6.20 Å². The molecule has 0 aliphatic carbocycles. The lowest BCUT2D eigenvalue weighted by atomic mass is 9.94. The highest BCUT2D eigenvalue weighted by Crippen LogP contribution is 2.19. The van der Waals surface area contributed by atoms with Gasteiger partial charge in [0.1, 0.15) is 0 Å². The van der Waals surface area contributed by atoms with Crippen molar-refractivity contribution in [1.29, 1.82) is 0 Å². The number of nitrogens with zero attached hydrogens (tertiary/aromatic N) is 3. The van der Waals surface area contributed by atoms with Gasteiger partial charge in [0.15, 0.2) is 0 Å². The predicted octanol–water partition coefficient (Wildman–Crippen LogP) is -0.708. The van der Waals surface area contributed by atoms with Crippen LogP contribution in [0.5, 0.6) is 0 Å². The molecule has 2 rings (SSSR count). The maximum absolute atomic E-state index is 10.3. The Morgan fingerprint density at radius 3 is 2.95 bits per heavy atom. The van der Waals surface area contributed by atoms with E-state index in [-0.39, 0.29) is 6.61 Å². The Bertz CT molecular complexity index is 377. The number of aryl methyl sites for hydroxylation is 1. The normalized spacial score (nSPS) is 18.6. The molecule has 1 fully saturated rings. The van der Waals surface area contributed by atoms with Crippen LogP contribution in [0, 0.1) is 0 Å². The monoisotopic (exact) mass is 270 g/mol. The van der Waals surface area contributed by atoms with Crippen LogP contribution >= 0.6 is 0 Å². The van der Waals surface area contributed by atoms with Gasteiger partial charge in [-0.3, -0.25) is 4.68 Å². The Morgan fingerprint density at radius 2 is 2.21 bits per heavy atom. The van der Waals surface area contributed by atoms with Gasteiger partial charge in [0.2, 0.25) is 0 Å². The van der Waals surface area contributed by atoms with Crippen LogP contribution in [0.3, 0.4) is 0 Å². The van der Waals surface area contributed by atoms with Crippen molar-refractivity contribution >= 4 is 0 Å². The van der Waals surface area contributed by atoms with Gasteiger partial charge in [-0.2, -0.15) is 0 Å². The van der Waals surface area contributed by atoms with Gasteiger partial charge in [-0.15, -0.1) is 5.10 Å². The van der Waals surface area contributed by atoms with Gasteiger partial charge in [0.25, 0.3) is 0 Å². The average molecular weight is 270 g/mol. The molecule has 3 N–H and O–H groups in total. The summed E-state index contributed by atoms with van der Waals surface area (Å²) in [5.41, 5.74) is 0.180. The molecule has 0 saturated carbocycles. The van der Waals surface area contributed by atoms with Crippen molar-refractivity contribution in [2.75, 3.05) is 26.4 Å². The van der Waals surface area contributed by atoms with Gasteiger partial charge < -0.3 is 20.3 Å². The summed E-state index contributed by atoms with van der Waals surface area (Å²) >= 11 is 0. The average Bonchev–Trinajstić information content (AvgIpc) is 2.85. The van der Waals surface area contributed by atoms with E-state index in [0.29, 0.717) is 52.1 Å². The van der Waals surface area contributed by atoms with E-state index in [1.165, 1.54) is 0 Å². The largest absolute Gasteiger partial charge is 0.396 e. The molecule has 108 valence electrons. The summed E-state index contributed by atoms with van der Waals surface area (Å²) in [6.45, 7) is 3.19. The second-order valence-corrected chi connectivity index (χ2v) is 4.99. The van der Waals surface area contributed by atoms with E-state index in [4.69, 9.17) is 9.84 Å². The number of hydrogen-bond acceptors (Lipinski definition) is 6.